The van der Waals surface area contributed by atoms with Crippen LogP contribution in [0.4, 0.5) is 5.82 Å². The van der Waals surface area contributed by atoms with E-state index < -0.39 is 0 Å². The van der Waals surface area contributed by atoms with Crippen molar-refractivity contribution in [3.8, 4) is 0 Å². The summed E-state index contributed by atoms with van der Waals surface area (Å²) < 4.78 is 2.17. The predicted octanol–water partition coefficient (Wildman–Crippen LogP) is 4.52. The normalized spacial score (nSPS) is 15.3. The lowest BCUT2D eigenvalue weighted by Gasteiger charge is -2.24. The molecule has 0 aliphatic heterocycles. The van der Waals surface area contributed by atoms with E-state index in [2.05, 4.69) is 25.1 Å². The van der Waals surface area contributed by atoms with Gasteiger partial charge in [0.05, 0.1) is 15.8 Å². The molecule has 3 rings (SSSR count). The molecule has 1 saturated carbocycles. The zero-order valence-corrected chi connectivity index (χ0v) is 16.2. The van der Waals surface area contributed by atoms with Gasteiger partial charge in [-0.3, -0.25) is 4.79 Å². The molecular weight excluding hydrogens is 381 g/mol. The highest BCUT2D eigenvalue weighted by Gasteiger charge is 2.22. The number of halogens is 2. The summed E-state index contributed by atoms with van der Waals surface area (Å²) in [6.45, 7) is 1.96. The summed E-state index contributed by atoms with van der Waals surface area (Å²) in [5.74, 6) is 1.22. The number of nitrogens with one attached hydrogen (secondary N) is 1. The molecule has 2 heterocycles. The third kappa shape index (κ3) is 4.65. The van der Waals surface area contributed by atoms with Crippen molar-refractivity contribution in [2.75, 3.05) is 11.1 Å². The smallest absolute Gasteiger partial charge is 0.236 e. The van der Waals surface area contributed by atoms with E-state index in [-0.39, 0.29) is 11.7 Å². The van der Waals surface area contributed by atoms with Crippen molar-refractivity contribution < 1.29 is 4.79 Å². The molecule has 9 heteroatoms. The Hall–Kier alpha value is -1.31. The lowest BCUT2D eigenvalue weighted by atomic mass is 9.95. The maximum absolute atomic E-state index is 12.2. The standard InChI is InChI=1S/C16H19Cl2N5OS/c1-10-21-22-16(23(10)12-5-3-2-4-6-12)25-9-14(24)20-15-13(18)7-11(17)8-19-15/h7-8,12H,2-6,9H2,1H3,(H,19,20,24). The van der Waals surface area contributed by atoms with Crippen LogP contribution in [0.1, 0.15) is 44.0 Å². The van der Waals surface area contributed by atoms with Crippen LogP contribution < -0.4 is 5.32 Å². The number of amides is 1. The van der Waals surface area contributed by atoms with E-state index in [0.29, 0.717) is 21.9 Å². The summed E-state index contributed by atoms with van der Waals surface area (Å²) in [6, 6.07) is 1.98. The number of hydrogen-bond donors (Lipinski definition) is 1. The number of carbonyl (C=O) groups is 1. The summed E-state index contributed by atoms with van der Waals surface area (Å²) in [7, 11) is 0. The van der Waals surface area contributed by atoms with E-state index in [1.54, 1.807) is 6.07 Å². The number of thioether (sulfide) groups is 1. The van der Waals surface area contributed by atoms with E-state index in [0.717, 1.165) is 23.8 Å². The van der Waals surface area contributed by atoms with Crippen LogP contribution in [0.5, 0.6) is 0 Å². The highest BCUT2D eigenvalue weighted by atomic mass is 35.5. The molecule has 1 aliphatic carbocycles. The Morgan fingerprint density at radius 3 is 2.80 bits per heavy atom. The second-order valence-corrected chi connectivity index (χ2v) is 7.80. The quantitative estimate of drug-likeness (QED) is 0.747. The predicted molar refractivity (Wildman–Crippen MR) is 100 cm³/mol. The van der Waals surface area contributed by atoms with Gasteiger partial charge in [-0.25, -0.2) is 4.98 Å². The van der Waals surface area contributed by atoms with Crippen molar-refractivity contribution >= 4 is 46.7 Å². The first kappa shape index (κ1) is 18.5. The first-order chi connectivity index (χ1) is 12.0. The molecular formula is C16H19Cl2N5OS. The number of rotatable bonds is 5. The van der Waals surface area contributed by atoms with E-state index in [9.17, 15) is 4.79 Å². The lowest BCUT2D eigenvalue weighted by Crippen LogP contribution is -2.18. The highest BCUT2D eigenvalue weighted by molar-refractivity contribution is 7.99. The number of pyridine rings is 1. The molecule has 1 amide bonds. The van der Waals surface area contributed by atoms with Gasteiger partial charge in [-0.15, -0.1) is 10.2 Å². The minimum atomic E-state index is -0.197. The van der Waals surface area contributed by atoms with Crippen LogP contribution in [0.2, 0.25) is 10.0 Å². The SMILES string of the molecule is Cc1nnc(SCC(=O)Nc2ncc(Cl)cc2Cl)n1C1CCCCC1. The molecule has 0 unspecified atom stereocenters. The van der Waals surface area contributed by atoms with Gasteiger partial charge in [0.25, 0.3) is 0 Å². The highest BCUT2D eigenvalue weighted by Crippen LogP contribution is 2.32. The summed E-state index contributed by atoms with van der Waals surface area (Å²) in [5, 5.41) is 12.6. The van der Waals surface area contributed by atoms with Gasteiger partial charge in [0.2, 0.25) is 5.91 Å². The first-order valence-electron chi connectivity index (χ1n) is 8.20. The average Bonchev–Trinajstić information content (AvgIpc) is 2.97. The van der Waals surface area contributed by atoms with Crippen molar-refractivity contribution in [3.63, 3.8) is 0 Å². The Balaban J connectivity index is 1.62. The van der Waals surface area contributed by atoms with Crippen LogP contribution in [-0.4, -0.2) is 31.4 Å². The molecule has 1 aliphatic rings. The van der Waals surface area contributed by atoms with Gasteiger partial charge < -0.3 is 9.88 Å². The molecule has 0 atom stereocenters. The van der Waals surface area contributed by atoms with Gasteiger partial charge in [-0.05, 0) is 25.8 Å². The summed E-state index contributed by atoms with van der Waals surface area (Å²) in [4.78, 5) is 16.2. The van der Waals surface area contributed by atoms with Crippen molar-refractivity contribution in [3.05, 3.63) is 28.1 Å². The number of aromatic nitrogens is 4. The molecule has 134 valence electrons. The number of aryl methyl sites for hydroxylation is 1. The van der Waals surface area contributed by atoms with Crippen molar-refractivity contribution in [2.45, 2.75) is 50.2 Å². The van der Waals surface area contributed by atoms with E-state index in [4.69, 9.17) is 23.2 Å². The monoisotopic (exact) mass is 399 g/mol. The number of carbonyl (C=O) groups excluding carboxylic acids is 1. The molecule has 0 spiro atoms. The summed E-state index contributed by atoms with van der Waals surface area (Å²) in [5.41, 5.74) is 0. The van der Waals surface area contributed by atoms with Gasteiger partial charge in [0, 0.05) is 12.2 Å². The van der Waals surface area contributed by atoms with Crippen LogP contribution in [0.3, 0.4) is 0 Å². The minimum absolute atomic E-state index is 0.197. The van der Waals surface area contributed by atoms with Crippen LogP contribution in [0.25, 0.3) is 0 Å². The molecule has 0 bridgehead atoms. The van der Waals surface area contributed by atoms with E-state index in [1.165, 1.54) is 37.2 Å². The zero-order valence-electron chi connectivity index (χ0n) is 13.8. The molecule has 1 N–H and O–H groups in total. The van der Waals surface area contributed by atoms with Crippen molar-refractivity contribution in [1.29, 1.82) is 0 Å². The molecule has 25 heavy (non-hydrogen) atoms. The van der Waals surface area contributed by atoms with Gasteiger partial charge in [0.15, 0.2) is 11.0 Å². The van der Waals surface area contributed by atoms with Crippen molar-refractivity contribution in [1.82, 2.24) is 19.7 Å². The fraction of sp³-hybridized carbons (Fsp3) is 0.500. The van der Waals surface area contributed by atoms with Crippen LogP contribution in [0, 0.1) is 6.92 Å². The number of nitrogens with zero attached hydrogens (tertiary/aromatic N) is 4. The van der Waals surface area contributed by atoms with Crippen molar-refractivity contribution in [2.24, 2.45) is 0 Å². The number of hydrogen-bond acceptors (Lipinski definition) is 5. The number of anilines is 1. The molecule has 2 aromatic heterocycles. The Kier molecular flexibility index (Phi) is 6.19. The molecule has 1 fully saturated rings. The molecule has 6 nitrogen and oxygen atoms in total. The van der Waals surface area contributed by atoms with E-state index >= 15 is 0 Å². The maximum atomic E-state index is 12.2. The fourth-order valence-corrected chi connectivity index (χ4v) is 4.29. The van der Waals surface area contributed by atoms with Crippen LogP contribution >= 0.6 is 35.0 Å². The fourth-order valence-electron chi connectivity index (χ4n) is 3.01. The largest absolute Gasteiger partial charge is 0.309 e. The third-order valence-corrected chi connectivity index (χ3v) is 5.61. The molecule has 0 saturated heterocycles. The minimum Gasteiger partial charge on any atom is -0.309 e. The van der Waals surface area contributed by atoms with Gasteiger partial charge in [-0.1, -0.05) is 54.2 Å². The Morgan fingerprint density at radius 2 is 2.08 bits per heavy atom. The molecule has 0 aromatic carbocycles. The zero-order chi connectivity index (χ0) is 17.8. The first-order valence-corrected chi connectivity index (χ1v) is 9.94. The van der Waals surface area contributed by atoms with Gasteiger partial charge in [-0.2, -0.15) is 0 Å². The summed E-state index contributed by atoms with van der Waals surface area (Å²) >= 11 is 13.2. The Bertz CT molecular complexity index is 761. The third-order valence-electron chi connectivity index (χ3n) is 4.17. The molecule has 0 radical (unpaired) electrons. The van der Waals surface area contributed by atoms with Crippen LogP contribution in [0.15, 0.2) is 17.4 Å². The second kappa shape index (κ2) is 8.38. The Labute approximate surface area is 160 Å². The second-order valence-electron chi connectivity index (χ2n) is 6.01. The lowest BCUT2D eigenvalue weighted by molar-refractivity contribution is -0.113. The van der Waals surface area contributed by atoms with Crippen LogP contribution in [-0.2, 0) is 4.79 Å². The molecule has 2 aromatic rings. The topological polar surface area (TPSA) is 72.7 Å². The average molecular weight is 400 g/mol. The van der Waals surface area contributed by atoms with E-state index in [1.807, 2.05) is 6.92 Å². The van der Waals surface area contributed by atoms with Gasteiger partial charge >= 0.3 is 0 Å². The summed E-state index contributed by atoms with van der Waals surface area (Å²) in [6.07, 6.45) is 7.48. The van der Waals surface area contributed by atoms with Gasteiger partial charge in [0.1, 0.15) is 5.82 Å². The maximum Gasteiger partial charge on any atom is 0.236 e. The Morgan fingerprint density at radius 1 is 1.32 bits per heavy atom.